The molecule has 0 saturated carbocycles. The molecule has 1 amide bonds. The minimum absolute atomic E-state index is 0.0192. The van der Waals surface area contributed by atoms with Gasteiger partial charge in [0, 0.05) is 23.6 Å². The Morgan fingerprint density at radius 1 is 1.20 bits per heavy atom. The highest BCUT2D eigenvalue weighted by Crippen LogP contribution is 2.37. The van der Waals surface area contributed by atoms with Gasteiger partial charge in [-0.05, 0) is 35.2 Å². The van der Waals surface area contributed by atoms with Crippen molar-refractivity contribution in [2.75, 3.05) is 6.61 Å². The fraction of sp³-hybridized carbons (Fsp3) is 0.273. The molecular formula is C22H23FN2O4S. The zero-order chi connectivity index (χ0) is 22.4. The van der Waals surface area contributed by atoms with E-state index >= 15 is 0 Å². The Kier molecular flexibility index (Phi) is 7.35. The van der Waals surface area contributed by atoms with Crippen LogP contribution in [0.2, 0.25) is 0 Å². The third-order valence-corrected chi connectivity index (χ3v) is 5.58. The first-order valence-electron chi connectivity index (χ1n) is 9.13. The van der Waals surface area contributed by atoms with E-state index in [2.05, 4.69) is 5.32 Å². The normalized spacial score (nSPS) is 11.8. The molecule has 1 N–H and O–H groups in total. The molecule has 2 aromatic carbocycles. The van der Waals surface area contributed by atoms with Crippen molar-refractivity contribution in [2.24, 2.45) is 0 Å². The number of carbonyl (C=O) groups excluding carboxylic acids is 1. The van der Waals surface area contributed by atoms with Gasteiger partial charge in [-0.1, -0.05) is 39.0 Å². The fourth-order valence-corrected chi connectivity index (χ4v) is 4.14. The van der Waals surface area contributed by atoms with E-state index in [1.54, 1.807) is 24.3 Å². The lowest BCUT2D eigenvalue weighted by Crippen LogP contribution is -2.29. The molecule has 0 atom stereocenters. The van der Waals surface area contributed by atoms with E-state index in [1.807, 2.05) is 20.8 Å². The van der Waals surface area contributed by atoms with Crippen LogP contribution in [0.4, 0.5) is 4.39 Å². The Balaban J connectivity index is 2.20. The number of hydrogen-bond donors (Lipinski definition) is 1. The largest absolute Gasteiger partial charge is 0.483 e. The monoisotopic (exact) mass is 430 g/mol. The molecule has 0 radical (unpaired) electrons. The van der Waals surface area contributed by atoms with Crippen molar-refractivity contribution in [3.05, 3.63) is 70.9 Å². The summed E-state index contributed by atoms with van der Waals surface area (Å²) in [5.74, 6) is -0.495. The second-order valence-corrected chi connectivity index (χ2v) is 9.35. The van der Waals surface area contributed by atoms with Crippen molar-refractivity contribution in [1.82, 2.24) is 5.32 Å². The van der Waals surface area contributed by atoms with Crippen molar-refractivity contribution in [3.63, 3.8) is 0 Å². The Morgan fingerprint density at radius 3 is 2.47 bits per heavy atom. The van der Waals surface area contributed by atoms with Crippen molar-refractivity contribution in [3.8, 4) is 11.8 Å². The maximum atomic E-state index is 12.9. The summed E-state index contributed by atoms with van der Waals surface area (Å²) in [5.41, 5.74) is 0.542. The molecule has 0 spiro atoms. The second-order valence-electron chi connectivity index (χ2n) is 7.55. The molecule has 2 rings (SSSR count). The number of hydrogen-bond acceptors (Lipinski definition) is 5. The van der Waals surface area contributed by atoms with Gasteiger partial charge in [-0.25, -0.2) is 12.8 Å². The molecule has 0 fully saturated rings. The quantitative estimate of drug-likeness (QED) is 0.677. The molecule has 0 aliphatic heterocycles. The van der Waals surface area contributed by atoms with Crippen molar-refractivity contribution in [1.29, 1.82) is 5.26 Å². The number of carbonyl (C=O) groups is 1. The van der Waals surface area contributed by atoms with E-state index in [0.29, 0.717) is 5.56 Å². The summed E-state index contributed by atoms with van der Waals surface area (Å²) in [7, 11) is -3.86. The van der Waals surface area contributed by atoms with Crippen molar-refractivity contribution < 1.29 is 22.3 Å². The second kappa shape index (κ2) is 9.55. The summed E-state index contributed by atoms with van der Waals surface area (Å²) in [6.07, 6.45) is 0.901. The summed E-state index contributed by atoms with van der Waals surface area (Å²) in [5, 5.41) is 12.2. The number of halogens is 1. The van der Waals surface area contributed by atoms with Gasteiger partial charge in [0.15, 0.2) is 6.61 Å². The minimum atomic E-state index is -3.86. The summed E-state index contributed by atoms with van der Waals surface area (Å²) in [6.45, 7) is 5.38. The Labute approximate surface area is 175 Å². The van der Waals surface area contributed by atoms with Gasteiger partial charge in [0.25, 0.3) is 5.91 Å². The van der Waals surface area contributed by atoms with Gasteiger partial charge in [-0.3, -0.25) is 4.79 Å². The highest BCUT2D eigenvalue weighted by Gasteiger charge is 2.28. The Hall–Kier alpha value is -3.18. The molecule has 158 valence electrons. The molecule has 0 aromatic heterocycles. The van der Waals surface area contributed by atoms with Crippen LogP contribution in [0.15, 0.2) is 58.8 Å². The standard InChI is InChI=1S/C22H23FN2O4S/c1-22(2,3)21-18(6-4-7-19(21)30(27,28)13-5-12-24)29-15-20(26)25-14-16-8-10-17(23)11-9-16/h4-11,13H,14-15H2,1-3H3,(H,25,26)/b13-5+. The summed E-state index contributed by atoms with van der Waals surface area (Å²) in [4.78, 5) is 12.2. The van der Waals surface area contributed by atoms with Crippen LogP contribution >= 0.6 is 0 Å². The molecule has 30 heavy (non-hydrogen) atoms. The third-order valence-electron chi connectivity index (χ3n) is 4.13. The SMILES string of the molecule is CC(C)(C)c1c(OCC(=O)NCc2ccc(F)cc2)cccc1S(=O)(=O)/C=C/C#N. The Morgan fingerprint density at radius 2 is 1.87 bits per heavy atom. The van der Waals surface area contributed by atoms with E-state index in [9.17, 15) is 17.6 Å². The lowest BCUT2D eigenvalue weighted by molar-refractivity contribution is -0.123. The van der Waals surface area contributed by atoms with Crippen LogP contribution < -0.4 is 10.1 Å². The lowest BCUT2D eigenvalue weighted by atomic mass is 9.86. The smallest absolute Gasteiger partial charge is 0.258 e. The topological polar surface area (TPSA) is 96.3 Å². The number of nitrogens with one attached hydrogen (secondary N) is 1. The van der Waals surface area contributed by atoms with Crippen LogP contribution in [0.25, 0.3) is 0 Å². The van der Waals surface area contributed by atoms with Crippen LogP contribution in [0.3, 0.4) is 0 Å². The van der Waals surface area contributed by atoms with Crippen LogP contribution in [0, 0.1) is 17.1 Å². The van der Waals surface area contributed by atoms with E-state index < -0.39 is 21.2 Å². The van der Waals surface area contributed by atoms with E-state index in [0.717, 1.165) is 17.0 Å². The molecular weight excluding hydrogens is 407 g/mol. The number of allylic oxidation sites excluding steroid dienone is 1. The molecule has 0 aliphatic carbocycles. The molecule has 0 bridgehead atoms. The molecule has 0 saturated heterocycles. The van der Waals surface area contributed by atoms with Gasteiger partial charge in [-0.2, -0.15) is 5.26 Å². The maximum absolute atomic E-state index is 12.9. The predicted molar refractivity (Wildman–Crippen MR) is 111 cm³/mol. The number of ether oxygens (including phenoxy) is 1. The zero-order valence-electron chi connectivity index (χ0n) is 17.0. The Bertz CT molecular complexity index is 1080. The number of rotatable bonds is 7. The number of amides is 1. The summed E-state index contributed by atoms with van der Waals surface area (Å²) in [6, 6.07) is 12.0. The van der Waals surface area contributed by atoms with E-state index in [1.165, 1.54) is 24.3 Å². The first kappa shape index (κ1) is 23.1. The van der Waals surface area contributed by atoms with Gasteiger partial charge in [-0.15, -0.1) is 0 Å². The van der Waals surface area contributed by atoms with E-state index in [4.69, 9.17) is 10.00 Å². The first-order valence-corrected chi connectivity index (χ1v) is 10.7. The highest BCUT2D eigenvalue weighted by molar-refractivity contribution is 7.94. The molecule has 0 aliphatic rings. The highest BCUT2D eigenvalue weighted by atomic mass is 32.2. The minimum Gasteiger partial charge on any atom is -0.483 e. The first-order chi connectivity index (χ1) is 14.0. The lowest BCUT2D eigenvalue weighted by Gasteiger charge is -2.25. The summed E-state index contributed by atoms with van der Waals surface area (Å²) >= 11 is 0. The van der Waals surface area contributed by atoms with Crippen LogP contribution in [0.5, 0.6) is 5.75 Å². The fourth-order valence-electron chi connectivity index (χ4n) is 2.80. The number of sulfone groups is 1. The summed E-state index contributed by atoms with van der Waals surface area (Å²) < 4.78 is 43.9. The predicted octanol–water partition coefficient (Wildman–Crippen LogP) is 3.63. The number of nitrogens with zero attached hydrogens (tertiary/aromatic N) is 1. The van der Waals surface area contributed by atoms with Crippen LogP contribution in [-0.2, 0) is 26.6 Å². The van der Waals surface area contributed by atoms with Crippen molar-refractivity contribution >= 4 is 15.7 Å². The van der Waals surface area contributed by atoms with Gasteiger partial charge >= 0.3 is 0 Å². The van der Waals surface area contributed by atoms with E-state index in [-0.39, 0.29) is 29.6 Å². The van der Waals surface area contributed by atoms with Crippen LogP contribution in [0.1, 0.15) is 31.9 Å². The molecule has 8 heteroatoms. The molecule has 0 unspecified atom stereocenters. The average molecular weight is 431 g/mol. The van der Waals surface area contributed by atoms with Gasteiger partial charge in [0.05, 0.1) is 11.0 Å². The number of nitriles is 1. The molecule has 2 aromatic rings. The maximum Gasteiger partial charge on any atom is 0.258 e. The van der Waals surface area contributed by atoms with Gasteiger partial charge in [0.1, 0.15) is 11.6 Å². The van der Waals surface area contributed by atoms with Gasteiger partial charge < -0.3 is 10.1 Å². The van der Waals surface area contributed by atoms with Crippen molar-refractivity contribution in [2.45, 2.75) is 37.6 Å². The molecule has 0 heterocycles. The molecule has 6 nitrogen and oxygen atoms in total. The number of benzene rings is 2. The zero-order valence-corrected chi connectivity index (χ0v) is 17.8. The van der Waals surface area contributed by atoms with Gasteiger partial charge in [0.2, 0.25) is 9.84 Å². The van der Waals surface area contributed by atoms with Crippen LogP contribution in [-0.4, -0.2) is 20.9 Å². The average Bonchev–Trinajstić information content (AvgIpc) is 2.69. The third kappa shape index (κ3) is 6.16.